The summed E-state index contributed by atoms with van der Waals surface area (Å²) in [5.74, 6) is 0.213. The van der Waals surface area contributed by atoms with Crippen molar-refractivity contribution in [2.45, 2.75) is 64.5 Å². The largest absolute Gasteiger partial charge is 0.486 e. The Balaban J connectivity index is 1.38. The minimum Gasteiger partial charge on any atom is -0.486 e. The lowest BCUT2D eigenvalue weighted by atomic mass is 9.94. The van der Waals surface area contributed by atoms with Crippen molar-refractivity contribution in [1.82, 2.24) is 10.6 Å². The van der Waals surface area contributed by atoms with Gasteiger partial charge in [-0.2, -0.15) is 0 Å². The van der Waals surface area contributed by atoms with Gasteiger partial charge in [-0.15, -0.1) is 0 Å². The average molecular weight is 444 g/mol. The highest BCUT2D eigenvalue weighted by Crippen LogP contribution is 2.36. The number of nitrogens with zero attached hydrogens (tertiary/aromatic N) is 1. The molecule has 1 aromatic rings. The van der Waals surface area contributed by atoms with E-state index in [1.807, 2.05) is 13.8 Å². The second-order valence-corrected chi connectivity index (χ2v) is 9.31. The number of benzene rings is 1. The third-order valence-electron chi connectivity index (χ3n) is 6.53. The molecular weight excluding hydrogens is 410 g/mol. The molecule has 8 heteroatoms. The van der Waals surface area contributed by atoms with E-state index in [1.165, 1.54) is 6.42 Å². The average Bonchev–Trinajstić information content (AvgIpc) is 3.19. The number of hydrogen-bond donors (Lipinski definition) is 2. The summed E-state index contributed by atoms with van der Waals surface area (Å²) in [6.07, 6.45) is 5.58. The molecular formula is C24H33N3O5. The molecule has 1 unspecified atom stereocenters. The number of amides is 3. The molecule has 2 fully saturated rings. The van der Waals surface area contributed by atoms with E-state index in [1.54, 1.807) is 23.1 Å². The van der Waals surface area contributed by atoms with Crippen LogP contribution < -0.4 is 25.0 Å². The van der Waals surface area contributed by atoms with E-state index in [-0.39, 0.29) is 42.6 Å². The van der Waals surface area contributed by atoms with Gasteiger partial charge in [0, 0.05) is 30.8 Å². The Morgan fingerprint density at radius 1 is 1.06 bits per heavy atom. The van der Waals surface area contributed by atoms with Crippen LogP contribution in [0.25, 0.3) is 0 Å². The first kappa shape index (κ1) is 22.4. The Morgan fingerprint density at radius 2 is 1.78 bits per heavy atom. The molecule has 2 N–H and O–H groups in total. The summed E-state index contributed by atoms with van der Waals surface area (Å²) in [5, 5.41) is 6.03. The number of ether oxygens (including phenoxy) is 2. The molecule has 0 radical (unpaired) electrons. The smallest absolute Gasteiger partial charge is 0.243 e. The fraction of sp³-hybridized carbons (Fsp3) is 0.625. The second-order valence-electron chi connectivity index (χ2n) is 9.31. The van der Waals surface area contributed by atoms with Crippen LogP contribution >= 0.6 is 0 Å². The van der Waals surface area contributed by atoms with Crippen molar-refractivity contribution in [1.29, 1.82) is 0 Å². The minimum absolute atomic E-state index is 0.0476. The van der Waals surface area contributed by atoms with Crippen molar-refractivity contribution in [2.24, 2.45) is 11.8 Å². The molecule has 0 aromatic heterocycles. The molecule has 32 heavy (non-hydrogen) atoms. The predicted octanol–water partition coefficient (Wildman–Crippen LogP) is 2.40. The van der Waals surface area contributed by atoms with Gasteiger partial charge in [0.1, 0.15) is 19.3 Å². The maximum atomic E-state index is 13.0. The molecule has 3 aliphatic rings. The first-order valence-corrected chi connectivity index (χ1v) is 11.7. The number of rotatable bonds is 6. The highest BCUT2D eigenvalue weighted by atomic mass is 16.6. The minimum atomic E-state index is -0.608. The van der Waals surface area contributed by atoms with Crippen molar-refractivity contribution >= 4 is 23.4 Å². The third-order valence-corrected chi connectivity index (χ3v) is 6.53. The first-order chi connectivity index (χ1) is 15.4. The summed E-state index contributed by atoms with van der Waals surface area (Å²) >= 11 is 0. The van der Waals surface area contributed by atoms with Crippen LogP contribution in [0.3, 0.4) is 0 Å². The van der Waals surface area contributed by atoms with Gasteiger partial charge in [-0.1, -0.05) is 33.1 Å². The van der Waals surface area contributed by atoms with Gasteiger partial charge >= 0.3 is 0 Å². The molecule has 174 valence electrons. The van der Waals surface area contributed by atoms with Crippen LogP contribution in [-0.2, 0) is 14.4 Å². The Bertz CT molecular complexity index is 865. The van der Waals surface area contributed by atoms with E-state index < -0.39 is 12.0 Å². The van der Waals surface area contributed by atoms with E-state index in [2.05, 4.69) is 10.6 Å². The van der Waals surface area contributed by atoms with Crippen molar-refractivity contribution in [3.8, 4) is 11.5 Å². The monoisotopic (exact) mass is 443 g/mol. The Hall–Kier alpha value is -2.77. The molecule has 8 nitrogen and oxygen atoms in total. The molecule has 3 amide bonds. The van der Waals surface area contributed by atoms with E-state index >= 15 is 0 Å². The van der Waals surface area contributed by atoms with Gasteiger partial charge < -0.3 is 25.0 Å². The summed E-state index contributed by atoms with van der Waals surface area (Å²) < 4.78 is 11.2. The van der Waals surface area contributed by atoms with Crippen LogP contribution in [0.2, 0.25) is 0 Å². The van der Waals surface area contributed by atoms with Gasteiger partial charge in [0.2, 0.25) is 17.7 Å². The molecule has 1 saturated carbocycles. The topological polar surface area (TPSA) is 97.0 Å². The quantitative estimate of drug-likeness (QED) is 0.704. The number of carbonyl (C=O) groups is 3. The van der Waals surface area contributed by atoms with Gasteiger partial charge in [-0.05, 0) is 30.9 Å². The van der Waals surface area contributed by atoms with Gasteiger partial charge in [0.15, 0.2) is 11.5 Å². The number of carbonyl (C=O) groups excluding carboxylic acids is 3. The van der Waals surface area contributed by atoms with Crippen molar-refractivity contribution < 1.29 is 23.9 Å². The van der Waals surface area contributed by atoms with Gasteiger partial charge in [0.05, 0.1) is 5.92 Å². The molecule has 1 aromatic carbocycles. The molecule has 2 aliphatic heterocycles. The van der Waals surface area contributed by atoms with Crippen LogP contribution in [0.1, 0.15) is 52.4 Å². The van der Waals surface area contributed by atoms with Crippen molar-refractivity contribution in [2.75, 3.05) is 24.7 Å². The summed E-state index contributed by atoms with van der Waals surface area (Å²) in [7, 11) is 0. The van der Waals surface area contributed by atoms with Crippen molar-refractivity contribution in [3.05, 3.63) is 18.2 Å². The van der Waals surface area contributed by atoms with Crippen LogP contribution in [0, 0.1) is 11.8 Å². The predicted molar refractivity (Wildman–Crippen MR) is 120 cm³/mol. The van der Waals surface area contributed by atoms with Crippen LogP contribution in [0.15, 0.2) is 18.2 Å². The third kappa shape index (κ3) is 5.00. The highest BCUT2D eigenvalue weighted by Gasteiger charge is 2.37. The normalized spacial score (nSPS) is 22.0. The Labute approximate surface area is 189 Å². The Kier molecular flexibility index (Phi) is 6.86. The number of anilines is 1. The van der Waals surface area contributed by atoms with E-state index in [9.17, 15) is 14.4 Å². The standard InChI is InChI=1S/C24H33N3O5/c1-15(2)22(24(30)25-17-6-4-3-5-7-17)26-23(29)16-12-21(28)27(14-16)18-8-9-19-20(13-18)32-11-10-31-19/h8-9,13,15-17,22H,3-7,10-12,14H2,1-2H3,(H,25,30)(H,26,29)/t16?,22-/m0/s1. The molecule has 1 saturated heterocycles. The summed E-state index contributed by atoms with van der Waals surface area (Å²) in [6, 6.07) is 4.95. The fourth-order valence-corrected chi connectivity index (χ4v) is 4.68. The molecule has 1 aliphatic carbocycles. The van der Waals surface area contributed by atoms with Crippen molar-refractivity contribution in [3.63, 3.8) is 0 Å². The maximum Gasteiger partial charge on any atom is 0.243 e. The molecule has 4 rings (SSSR count). The first-order valence-electron chi connectivity index (χ1n) is 11.7. The zero-order valence-corrected chi connectivity index (χ0v) is 18.9. The second kappa shape index (κ2) is 9.79. The lowest BCUT2D eigenvalue weighted by Gasteiger charge is -2.28. The zero-order chi connectivity index (χ0) is 22.7. The van der Waals surface area contributed by atoms with E-state index in [0.29, 0.717) is 30.4 Å². The molecule has 2 heterocycles. The van der Waals surface area contributed by atoms with E-state index in [4.69, 9.17) is 9.47 Å². The van der Waals surface area contributed by atoms with Crippen LogP contribution in [0.4, 0.5) is 5.69 Å². The van der Waals surface area contributed by atoms with Crippen LogP contribution in [-0.4, -0.2) is 49.6 Å². The fourth-order valence-electron chi connectivity index (χ4n) is 4.68. The van der Waals surface area contributed by atoms with Gasteiger partial charge in [-0.25, -0.2) is 0 Å². The summed E-state index contributed by atoms with van der Waals surface area (Å²) in [6.45, 7) is 5.09. The highest BCUT2D eigenvalue weighted by molar-refractivity contribution is 6.01. The lowest BCUT2D eigenvalue weighted by Crippen LogP contribution is -2.53. The SMILES string of the molecule is CC(C)[C@H](NC(=O)C1CC(=O)N(c2ccc3c(c2)OCCO3)C1)C(=O)NC1CCCCC1. The Morgan fingerprint density at radius 3 is 2.50 bits per heavy atom. The number of nitrogens with one attached hydrogen (secondary N) is 2. The lowest BCUT2D eigenvalue weighted by molar-refractivity contribution is -0.132. The van der Waals surface area contributed by atoms with Gasteiger partial charge in [-0.3, -0.25) is 14.4 Å². The van der Waals surface area contributed by atoms with Crippen LogP contribution in [0.5, 0.6) is 11.5 Å². The maximum absolute atomic E-state index is 13.0. The van der Waals surface area contributed by atoms with E-state index in [0.717, 1.165) is 25.7 Å². The summed E-state index contributed by atoms with van der Waals surface area (Å²) in [5.41, 5.74) is 0.685. The molecule has 2 atom stereocenters. The molecule has 0 bridgehead atoms. The number of hydrogen-bond acceptors (Lipinski definition) is 5. The zero-order valence-electron chi connectivity index (χ0n) is 18.9. The summed E-state index contributed by atoms with van der Waals surface area (Å²) in [4.78, 5) is 40.1. The molecule has 0 spiro atoms. The number of fused-ring (bicyclic) bond motifs is 1. The van der Waals surface area contributed by atoms with Gasteiger partial charge in [0.25, 0.3) is 0 Å².